The molecule has 2 amide bonds. The van der Waals surface area contributed by atoms with E-state index in [0.717, 1.165) is 52.6 Å². The number of thiazole rings is 2. The first-order valence-electron chi connectivity index (χ1n) is 17.2. The van der Waals surface area contributed by atoms with Crippen molar-refractivity contribution < 1.29 is 14.3 Å². The third-order valence-corrected chi connectivity index (χ3v) is 9.42. The van der Waals surface area contributed by atoms with E-state index in [1.807, 2.05) is 41.9 Å². The number of hydrogen-bond donors (Lipinski definition) is 2. The van der Waals surface area contributed by atoms with Crippen LogP contribution in [-0.2, 0) is 9.53 Å². The van der Waals surface area contributed by atoms with Crippen LogP contribution in [0.4, 0.5) is 10.6 Å². The number of ether oxygens (including phenoxy) is 1. The fourth-order valence-corrected chi connectivity index (χ4v) is 6.49. The summed E-state index contributed by atoms with van der Waals surface area (Å²) in [5, 5.41) is 7.80. The number of fused-ring (bicyclic) bond motifs is 1. The monoisotopic (exact) mass is 706 g/mol. The Morgan fingerprint density at radius 2 is 1.60 bits per heavy atom. The molecule has 4 aromatic rings. The normalized spacial score (nSPS) is 12.3. The molecule has 1 unspecified atom stereocenters. The van der Waals surface area contributed by atoms with Crippen molar-refractivity contribution >= 4 is 50.7 Å². The largest absolute Gasteiger partial charge is 0.463 e. The quantitative estimate of drug-likeness (QED) is 0.0413. The second kappa shape index (κ2) is 22.0. The number of allylic oxidation sites excluding steroid dienone is 8. The highest BCUT2D eigenvalue weighted by molar-refractivity contribution is 7.17. The number of nitrogens with zero attached hydrogens (tertiary/aromatic N) is 2. The molecule has 2 heterocycles. The molecule has 0 radical (unpaired) electrons. The highest BCUT2D eigenvalue weighted by Gasteiger charge is 2.18. The SMILES string of the molecule is C#Cc1nc(NC(=O)NC(COC(=O)CCC/C=C\C/C=C\C/C=C\C/C=C\CCCCC)c2ccc(-c3cccc4ncsc34)cc2)cs1. The van der Waals surface area contributed by atoms with Crippen molar-refractivity contribution in [1.29, 1.82) is 0 Å². The third kappa shape index (κ3) is 13.3. The Labute approximate surface area is 304 Å². The van der Waals surface area contributed by atoms with Gasteiger partial charge in [-0.05, 0) is 68.1 Å². The smallest absolute Gasteiger partial charge is 0.321 e. The number of carbonyl (C=O) groups is 2. The molecule has 1 atom stereocenters. The second-order valence-electron chi connectivity index (χ2n) is 11.6. The molecule has 0 aliphatic carbocycles. The number of amides is 2. The van der Waals surface area contributed by atoms with Gasteiger partial charge in [0.25, 0.3) is 0 Å². The lowest BCUT2D eigenvalue weighted by molar-refractivity contribution is -0.144. The average Bonchev–Trinajstić information content (AvgIpc) is 3.81. The molecular weight excluding hydrogens is 661 g/mol. The summed E-state index contributed by atoms with van der Waals surface area (Å²) < 4.78 is 6.76. The van der Waals surface area contributed by atoms with Gasteiger partial charge >= 0.3 is 12.0 Å². The van der Waals surface area contributed by atoms with Crippen LogP contribution in [0.25, 0.3) is 21.3 Å². The van der Waals surface area contributed by atoms with Crippen molar-refractivity contribution in [2.45, 2.75) is 77.2 Å². The first-order chi connectivity index (χ1) is 24.6. The molecule has 0 bridgehead atoms. The number of rotatable bonds is 20. The molecule has 0 saturated heterocycles. The number of carbonyl (C=O) groups excluding carboxylic acids is 2. The summed E-state index contributed by atoms with van der Waals surface area (Å²) in [6, 6.07) is 12.9. The van der Waals surface area contributed by atoms with E-state index < -0.39 is 12.1 Å². The summed E-state index contributed by atoms with van der Waals surface area (Å²) >= 11 is 2.87. The number of terminal acetylenes is 1. The van der Waals surface area contributed by atoms with Crippen LogP contribution < -0.4 is 10.6 Å². The molecule has 0 aliphatic rings. The zero-order valence-corrected chi connectivity index (χ0v) is 30.3. The van der Waals surface area contributed by atoms with E-state index in [-0.39, 0.29) is 12.6 Å². The number of urea groups is 1. The lowest BCUT2D eigenvalue weighted by Gasteiger charge is -2.20. The standard InChI is InChI=1S/C41H46N4O3S2/c1-3-5-6-7-8-9-10-11-12-13-14-15-16-17-18-19-20-24-39(46)48-29-36(43-41(47)45-37-30-49-38(4-2)44-37)33-27-25-32(26-28-33)34-22-21-23-35-40(34)50-31-42-35/h2,8-9,11-12,14-15,17-18,21-23,25-28,30-31,36H,3,5-7,10,13,16,19-20,24,29H2,1H3,(H2,43,45,47)/b9-8-,12-11-,15-14-,18-17-. The van der Waals surface area contributed by atoms with Gasteiger partial charge in [-0.25, -0.2) is 14.8 Å². The van der Waals surface area contributed by atoms with Crippen LogP contribution in [-0.4, -0.2) is 28.6 Å². The van der Waals surface area contributed by atoms with Crippen LogP contribution in [0.5, 0.6) is 0 Å². The lowest BCUT2D eigenvalue weighted by Crippen LogP contribution is -2.35. The minimum absolute atomic E-state index is 0.00692. The van der Waals surface area contributed by atoms with Gasteiger partial charge in [-0.1, -0.05) is 105 Å². The van der Waals surface area contributed by atoms with Crippen LogP contribution in [0.15, 0.2) is 102 Å². The molecule has 9 heteroatoms. The van der Waals surface area contributed by atoms with Crippen molar-refractivity contribution in [2.75, 3.05) is 11.9 Å². The predicted molar refractivity (Wildman–Crippen MR) is 209 cm³/mol. The van der Waals surface area contributed by atoms with Gasteiger partial charge in [0.2, 0.25) is 0 Å². The number of nitrogens with one attached hydrogen (secondary N) is 2. The van der Waals surface area contributed by atoms with Crippen LogP contribution >= 0.6 is 22.7 Å². The van der Waals surface area contributed by atoms with E-state index in [9.17, 15) is 9.59 Å². The number of hydrogen-bond acceptors (Lipinski definition) is 7. The van der Waals surface area contributed by atoms with E-state index in [1.165, 1.54) is 37.0 Å². The average molecular weight is 707 g/mol. The molecule has 0 fully saturated rings. The summed E-state index contributed by atoms with van der Waals surface area (Å²) in [7, 11) is 0. The molecule has 0 saturated carbocycles. The second-order valence-corrected chi connectivity index (χ2v) is 13.3. The Hall–Kier alpha value is -4.78. The summed E-state index contributed by atoms with van der Waals surface area (Å²) in [4.78, 5) is 34.2. The van der Waals surface area contributed by atoms with Gasteiger partial charge in [0, 0.05) is 17.4 Å². The van der Waals surface area contributed by atoms with Gasteiger partial charge in [0.1, 0.15) is 12.4 Å². The number of anilines is 1. The molecule has 2 N–H and O–H groups in total. The number of benzene rings is 2. The van der Waals surface area contributed by atoms with Crippen molar-refractivity contribution in [3.05, 3.63) is 113 Å². The molecule has 260 valence electrons. The van der Waals surface area contributed by atoms with Gasteiger partial charge in [-0.2, -0.15) is 0 Å². The number of unbranched alkanes of at least 4 members (excludes halogenated alkanes) is 4. The van der Waals surface area contributed by atoms with Gasteiger partial charge in [-0.3, -0.25) is 10.1 Å². The van der Waals surface area contributed by atoms with Gasteiger partial charge in [-0.15, -0.1) is 29.1 Å². The van der Waals surface area contributed by atoms with Crippen molar-refractivity contribution in [3.8, 4) is 23.5 Å². The Balaban J connectivity index is 1.22. The molecule has 0 spiro atoms. The van der Waals surface area contributed by atoms with Crippen LogP contribution in [0.3, 0.4) is 0 Å². The summed E-state index contributed by atoms with van der Waals surface area (Å²) in [5.41, 5.74) is 5.72. The summed E-state index contributed by atoms with van der Waals surface area (Å²) in [6.07, 6.45) is 32.5. The van der Waals surface area contributed by atoms with E-state index in [2.05, 4.69) is 88.1 Å². The maximum absolute atomic E-state index is 12.9. The molecule has 50 heavy (non-hydrogen) atoms. The van der Waals surface area contributed by atoms with E-state index in [0.29, 0.717) is 23.7 Å². The van der Waals surface area contributed by atoms with E-state index >= 15 is 0 Å². The Morgan fingerprint density at radius 1 is 0.900 bits per heavy atom. The molecule has 0 aliphatic heterocycles. The topological polar surface area (TPSA) is 93.2 Å². The maximum Gasteiger partial charge on any atom is 0.321 e. The first-order valence-corrected chi connectivity index (χ1v) is 19.0. The van der Waals surface area contributed by atoms with Crippen LogP contribution in [0, 0.1) is 12.3 Å². The minimum atomic E-state index is -0.577. The van der Waals surface area contributed by atoms with Gasteiger partial charge < -0.3 is 10.1 Å². The number of esters is 1. The minimum Gasteiger partial charge on any atom is -0.463 e. The number of aromatic nitrogens is 2. The molecule has 4 rings (SSSR count). The summed E-state index contributed by atoms with van der Waals surface area (Å²) in [5.74, 6) is 2.52. The highest BCUT2D eigenvalue weighted by atomic mass is 32.1. The zero-order valence-electron chi connectivity index (χ0n) is 28.7. The van der Waals surface area contributed by atoms with Crippen molar-refractivity contribution in [3.63, 3.8) is 0 Å². The van der Waals surface area contributed by atoms with E-state index in [1.54, 1.807) is 16.7 Å². The van der Waals surface area contributed by atoms with Crippen molar-refractivity contribution in [2.24, 2.45) is 0 Å². The fourth-order valence-electron chi connectivity index (χ4n) is 5.11. The molecular formula is C41H46N4O3S2. The predicted octanol–water partition coefficient (Wildman–Crippen LogP) is 11.0. The van der Waals surface area contributed by atoms with Crippen molar-refractivity contribution in [1.82, 2.24) is 15.3 Å². The Morgan fingerprint density at radius 3 is 2.28 bits per heavy atom. The van der Waals surface area contributed by atoms with Crippen LogP contribution in [0.2, 0.25) is 0 Å². The summed E-state index contributed by atoms with van der Waals surface area (Å²) in [6.45, 7) is 2.22. The molecule has 7 nitrogen and oxygen atoms in total. The van der Waals surface area contributed by atoms with Crippen LogP contribution in [0.1, 0.15) is 87.7 Å². The first kappa shape index (κ1) is 38.0. The Bertz CT molecular complexity index is 1790. The zero-order chi connectivity index (χ0) is 35.2. The molecule has 2 aromatic carbocycles. The molecule has 2 aromatic heterocycles. The lowest BCUT2D eigenvalue weighted by atomic mass is 10.0. The van der Waals surface area contributed by atoms with Gasteiger partial charge in [0.15, 0.2) is 5.01 Å². The fraction of sp³-hybridized carbons (Fsp3) is 0.317. The highest BCUT2D eigenvalue weighted by Crippen LogP contribution is 2.32. The van der Waals surface area contributed by atoms with Gasteiger partial charge in [0.05, 0.1) is 21.8 Å². The van der Waals surface area contributed by atoms with E-state index in [4.69, 9.17) is 11.2 Å². The maximum atomic E-state index is 12.9. The third-order valence-electron chi connectivity index (χ3n) is 7.78. The Kier molecular flexibility index (Phi) is 16.8.